The molecule has 0 bridgehead atoms. The number of anilines is 1. The van der Waals surface area contributed by atoms with E-state index in [0.29, 0.717) is 25.1 Å². The molecule has 1 spiro atoms. The maximum absolute atomic E-state index is 14.5. The normalized spacial score (nSPS) is 19.9. The predicted molar refractivity (Wildman–Crippen MR) is 122 cm³/mol. The average molecular weight is 487 g/mol. The lowest BCUT2D eigenvalue weighted by Gasteiger charge is -2.33. The van der Waals surface area contributed by atoms with Gasteiger partial charge in [0.05, 0.1) is 23.1 Å². The average Bonchev–Trinajstić information content (AvgIpc) is 3.50. The molecule has 1 aromatic carbocycles. The molecule has 5 rings (SSSR count). The summed E-state index contributed by atoms with van der Waals surface area (Å²) < 4.78 is 47.5. The molecule has 11 heteroatoms. The number of hydrogen-bond donors (Lipinski definition) is 1. The van der Waals surface area contributed by atoms with Gasteiger partial charge in [0.15, 0.2) is 0 Å². The van der Waals surface area contributed by atoms with Crippen LogP contribution >= 0.6 is 0 Å². The SMILES string of the molecule is Cn1c(=O)c(C(=O)N2CCCC23CCOC3)cc2c(NCc3cccc(C(F)F)c3F)ncnc21. The molecule has 2 fully saturated rings. The van der Waals surface area contributed by atoms with Crippen LogP contribution in [0.15, 0.2) is 35.4 Å². The maximum atomic E-state index is 14.5. The second-order valence-electron chi connectivity index (χ2n) is 8.94. The van der Waals surface area contributed by atoms with Crippen molar-refractivity contribution in [2.24, 2.45) is 7.05 Å². The van der Waals surface area contributed by atoms with Crippen molar-refractivity contribution in [1.82, 2.24) is 19.4 Å². The highest BCUT2D eigenvalue weighted by Gasteiger charge is 2.47. The first kappa shape index (κ1) is 23.3. The van der Waals surface area contributed by atoms with Crippen molar-refractivity contribution in [3.63, 3.8) is 0 Å². The van der Waals surface area contributed by atoms with E-state index in [1.165, 1.54) is 36.1 Å². The Bertz CT molecular complexity index is 1350. The highest BCUT2D eigenvalue weighted by Crippen LogP contribution is 2.37. The molecule has 0 radical (unpaired) electrons. The van der Waals surface area contributed by atoms with Crippen LogP contribution in [0.25, 0.3) is 11.0 Å². The third-order valence-corrected chi connectivity index (χ3v) is 6.95. The molecular weight excluding hydrogens is 463 g/mol. The zero-order valence-corrected chi connectivity index (χ0v) is 19.1. The number of carbonyl (C=O) groups is 1. The summed E-state index contributed by atoms with van der Waals surface area (Å²) in [6, 6.07) is 5.26. The number of nitrogens with zero attached hydrogens (tertiary/aromatic N) is 4. The van der Waals surface area contributed by atoms with Crippen LogP contribution in [0.4, 0.5) is 19.0 Å². The van der Waals surface area contributed by atoms with Gasteiger partial charge in [-0.2, -0.15) is 0 Å². The second-order valence-corrected chi connectivity index (χ2v) is 8.94. The van der Waals surface area contributed by atoms with Crippen LogP contribution in [0.5, 0.6) is 0 Å². The van der Waals surface area contributed by atoms with Crippen molar-refractivity contribution in [2.45, 2.75) is 37.8 Å². The van der Waals surface area contributed by atoms with Gasteiger partial charge in [-0.3, -0.25) is 14.2 Å². The Balaban J connectivity index is 1.51. The molecule has 2 saturated heterocycles. The molecule has 35 heavy (non-hydrogen) atoms. The molecule has 0 aliphatic carbocycles. The lowest BCUT2D eigenvalue weighted by molar-refractivity contribution is 0.0548. The van der Waals surface area contributed by atoms with Gasteiger partial charge in [0, 0.05) is 32.3 Å². The van der Waals surface area contributed by atoms with Crippen LogP contribution < -0.4 is 10.9 Å². The quantitative estimate of drug-likeness (QED) is 0.594. The van der Waals surface area contributed by atoms with Crippen molar-refractivity contribution in [3.05, 3.63) is 63.5 Å². The zero-order chi connectivity index (χ0) is 24.7. The molecule has 2 aliphatic heterocycles. The molecule has 1 amide bonds. The van der Waals surface area contributed by atoms with Crippen LogP contribution in [0, 0.1) is 5.82 Å². The lowest BCUT2D eigenvalue weighted by Crippen LogP contribution is -2.49. The summed E-state index contributed by atoms with van der Waals surface area (Å²) in [5, 5.41) is 3.33. The van der Waals surface area contributed by atoms with E-state index in [1.807, 2.05) is 0 Å². The molecule has 1 N–H and O–H groups in total. The monoisotopic (exact) mass is 487 g/mol. The topological polar surface area (TPSA) is 89.4 Å². The number of carbonyl (C=O) groups excluding carboxylic acids is 1. The third-order valence-electron chi connectivity index (χ3n) is 6.95. The Morgan fingerprint density at radius 2 is 2.11 bits per heavy atom. The van der Waals surface area contributed by atoms with Crippen LogP contribution in [-0.4, -0.2) is 50.6 Å². The third kappa shape index (κ3) is 3.93. The van der Waals surface area contributed by atoms with Gasteiger partial charge in [-0.25, -0.2) is 23.1 Å². The smallest absolute Gasteiger partial charge is 0.266 e. The summed E-state index contributed by atoms with van der Waals surface area (Å²) in [4.78, 5) is 36.8. The number of aromatic nitrogens is 3. The number of ether oxygens (including phenoxy) is 1. The number of pyridine rings is 1. The Labute approximate surface area is 198 Å². The van der Waals surface area contributed by atoms with Gasteiger partial charge in [0.1, 0.15) is 29.2 Å². The lowest BCUT2D eigenvalue weighted by atomic mass is 9.95. The Morgan fingerprint density at radius 3 is 2.86 bits per heavy atom. The van der Waals surface area contributed by atoms with Crippen molar-refractivity contribution in [2.75, 3.05) is 25.1 Å². The molecule has 2 aromatic heterocycles. The standard InChI is InChI=1S/C24H24F3N5O3/c1-31-21-16(10-17(22(31)33)23(34)32-8-3-6-24(32)7-9-35-12-24)20(29-13-30-21)28-11-14-4-2-5-15(18(14)25)19(26)27/h2,4-5,10,13,19H,3,6-9,11-12H2,1H3,(H,28,29,30). The Hall–Kier alpha value is -3.47. The molecule has 1 atom stereocenters. The van der Waals surface area contributed by atoms with E-state index < -0.39 is 28.9 Å². The van der Waals surface area contributed by atoms with Crippen LogP contribution in [0.1, 0.15) is 47.2 Å². The summed E-state index contributed by atoms with van der Waals surface area (Å²) in [6.07, 6.45) is 0.694. The maximum Gasteiger partial charge on any atom is 0.266 e. The second kappa shape index (κ2) is 8.95. The molecule has 4 heterocycles. The van der Waals surface area contributed by atoms with Crippen molar-refractivity contribution >= 4 is 22.8 Å². The van der Waals surface area contributed by atoms with Crippen LogP contribution in [-0.2, 0) is 18.3 Å². The first-order valence-electron chi connectivity index (χ1n) is 11.4. The van der Waals surface area contributed by atoms with Gasteiger partial charge in [0.25, 0.3) is 17.9 Å². The van der Waals surface area contributed by atoms with E-state index in [9.17, 15) is 22.8 Å². The fourth-order valence-corrected chi connectivity index (χ4v) is 5.05. The molecule has 2 aliphatic rings. The number of likely N-dealkylation sites (tertiary alicyclic amines) is 1. The number of halogens is 3. The van der Waals surface area contributed by atoms with Gasteiger partial charge in [0.2, 0.25) is 0 Å². The number of fused-ring (bicyclic) bond motifs is 1. The fourth-order valence-electron chi connectivity index (χ4n) is 5.05. The number of benzene rings is 1. The summed E-state index contributed by atoms with van der Waals surface area (Å²) in [5.41, 5.74) is -1.25. The summed E-state index contributed by atoms with van der Waals surface area (Å²) in [5.74, 6) is -1.11. The van der Waals surface area contributed by atoms with Gasteiger partial charge < -0.3 is 15.0 Å². The van der Waals surface area contributed by atoms with Crippen molar-refractivity contribution < 1.29 is 22.7 Å². The molecule has 8 nitrogen and oxygen atoms in total. The number of amides is 1. The summed E-state index contributed by atoms with van der Waals surface area (Å²) in [6.45, 7) is 1.44. The minimum Gasteiger partial charge on any atom is -0.379 e. The summed E-state index contributed by atoms with van der Waals surface area (Å²) >= 11 is 0. The molecule has 3 aromatic rings. The van der Waals surface area contributed by atoms with E-state index in [4.69, 9.17) is 4.74 Å². The van der Waals surface area contributed by atoms with E-state index in [2.05, 4.69) is 15.3 Å². The number of aryl methyl sites for hydroxylation is 1. The number of rotatable bonds is 5. The van der Waals surface area contributed by atoms with E-state index in [-0.39, 0.29) is 35.0 Å². The zero-order valence-electron chi connectivity index (χ0n) is 19.1. The molecule has 184 valence electrons. The number of alkyl halides is 2. The highest BCUT2D eigenvalue weighted by molar-refractivity contribution is 5.99. The largest absolute Gasteiger partial charge is 0.379 e. The van der Waals surface area contributed by atoms with E-state index in [1.54, 1.807) is 4.90 Å². The van der Waals surface area contributed by atoms with Crippen molar-refractivity contribution in [3.8, 4) is 0 Å². The fraction of sp³-hybridized carbons (Fsp3) is 0.417. The van der Waals surface area contributed by atoms with Gasteiger partial charge in [-0.1, -0.05) is 18.2 Å². The highest BCUT2D eigenvalue weighted by atomic mass is 19.3. The van der Waals surface area contributed by atoms with E-state index >= 15 is 0 Å². The molecule has 0 saturated carbocycles. The Morgan fingerprint density at radius 1 is 1.29 bits per heavy atom. The van der Waals surface area contributed by atoms with Crippen LogP contribution in [0.2, 0.25) is 0 Å². The molecular formula is C24H24F3N5O3. The first-order chi connectivity index (χ1) is 16.8. The van der Waals surface area contributed by atoms with Gasteiger partial charge >= 0.3 is 0 Å². The molecule has 1 unspecified atom stereocenters. The van der Waals surface area contributed by atoms with Gasteiger partial charge in [-0.05, 0) is 25.3 Å². The van der Waals surface area contributed by atoms with E-state index in [0.717, 1.165) is 25.3 Å². The first-order valence-corrected chi connectivity index (χ1v) is 11.4. The Kier molecular flexibility index (Phi) is 5.96. The van der Waals surface area contributed by atoms with Crippen LogP contribution in [0.3, 0.4) is 0 Å². The number of nitrogens with one attached hydrogen (secondary N) is 1. The minimum atomic E-state index is -2.93. The predicted octanol–water partition coefficient (Wildman–Crippen LogP) is 3.41. The van der Waals surface area contributed by atoms with Crippen molar-refractivity contribution in [1.29, 1.82) is 0 Å². The number of hydrogen-bond acceptors (Lipinski definition) is 6. The minimum absolute atomic E-state index is 0.0168. The summed E-state index contributed by atoms with van der Waals surface area (Å²) in [7, 11) is 1.52. The van der Waals surface area contributed by atoms with Gasteiger partial charge in [-0.15, -0.1) is 0 Å².